The van der Waals surface area contributed by atoms with Gasteiger partial charge in [-0.05, 0) is 41.5 Å². The number of aromatic nitrogens is 7. The van der Waals surface area contributed by atoms with Crippen molar-refractivity contribution in [2.24, 2.45) is 7.05 Å². The van der Waals surface area contributed by atoms with E-state index in [9.17, 15) is 8.42 Å². The van der Waals surface area contributed by atoms with E-state index in [1.165, 1.54) is 12.4 Å². The summed E-state index contributed by atoms with van der Waals surface area (Å²) >= 11 is 0. The molecule has 11 heteroatoms. The van der Waals surface area contributed by atoms with Gasteiger partial charge in [-0.15, -0.1) is 0 Å². The highest BCUT2D eigenvalue weighted by Crippen LogP contribution is 2.27. The molecule has 0 atom stereocenters. The van der Waals surface area contributed by atoms with Gasteiger partial charge in [0.2, 0.25) is 0 Å². The molecule has 0 unspecified atom stereocenters. The lowest BCUT2D eigenvalue weighted by molar-refractivity contribution is 0.577. The SMILES string of the molecule is CN(C)c1ccc(-c2ccc3ncc(S(=O)(=O)n4ncc5ncc(-c6cnn(C)c6)cc54)n3c2)cc1. The molecular formula is C25H22N8O2S. The molecule has 6 aromatic rings. The van der Waals surface area contributed by atoms with E-state index in [0.717, 1.165) is 32.0 Å². The number of fused-ring (bicyclic) bond motifs is 2. The van der Waals surface area contributed by atoms with Crippen molar-refractivity contribution in [2.75, 3.05) is 19.0 Å². The van der Waals surface area contributed by atoms with Crippen molar-refractivity contribution in [3.8, 4) is 22.3 Å². The Hall–Kier alpha value is -4.51. The zero-order valence-corrected chi connectivity index (χ0v) is 20.6. The monoisotopic (exact) mass is 498 g/mol. The maximum atomic E-state index is 13.8. The Morgan fingerprint density at radius 2 is 1.56 bits per heavy atom. The Morgan fingerprint density at radius 1 is 0.778 bits per heavy atom. The maximum absolute atomic E-state index is 13.8. The molecule has 0 aliphatic carbocycles. The summed E-state index contributed by atoms with van der Waals surface area (Å²) in [6.45, 7) is 0. The van der Waals surface area contributed by atoms with Crippen molar-refractivity contribution >= 4 is 32.4 Å². The summed E-state index contributed by atoms with van der Waals surface area (Å²) in [7, 11) is 1.71. The molecule has 0 N–H and O–H groups in total. The summed E-state index contributed by atoms with van der Waals surface area (Å²) in [5.41, 5.74) is 5.86. The number of aryl methyl sites for hydroxylation is 1. The lowest BCUT2D eigenvalue weighted by Gasteiger charge is -2.13. The van der Waals surface area contributed by atoms with E-state index >= 15 is 0 Å². The van der Waals surface area contributed by atoms with Gasteiger partial charge in [0.1, 0.15) is 16.7 Å². The van der Waals surface area contributed by atoms with Crippen LogP contribution in [0.25, 0.3) is 38.9 Å². The highest BCUT2D eigenvalue weighted by atomic mass is 32.2. The van der Waals surface area contributed by atoms with Crippen LogP contribution in [0.2, 0.25) is 0 Å². The van der Waals surface area contributed by atoms with E-state index in [1.807, 2.05) is 62.6 Å². The number of anilines is 1. The van der Waals surface area contributed by atoms with E-state index in [-0.39, 0.29) is 5.03 Å². The van der Waals surface area contributed by atoms with Gasteiger partial charge in [-0.25, -0.2) is 4.98 Å². The first-order chi connectivity index (χ1) is 17.3. The zero-order chi connectivity index (χ0) is 25.0. The quantitative estimate of drug-likeness (QED) is 0.359. The zero-order valence-electron chi connectivity index (χ0n) is 19.8. The van der Waals surface area contributed by atoms with Crippen LogP contribution in [0.3, 0.4) is 0 Å². The predicted molar refractivity (Wildman–Crippen MR) is 137 cm³/mol. The number of nitrogens with zero attached hydrogens (tertiary/aromatic N) is 8. The van der Waals surface area contributed by atoms with Crippen LogP contribution in [-0.4, -0.2) is 55.8 Å². The normalized spacial score (nSPS) is 12.0. The molecular weight excluding hydrogens is 476 g/mol. The van der Waals surface area contributed by atoms with Gasteiger partial charge in [-0.1, -0.05) is 12.1 Å². The summed E-state index contributed by atoms with van der Waals surface area (Å²) < 4.78 is 31.9. The molecule has 0 spiro atoms. The van der Waals surface area contributed by atoms with E-state index in [1.54, 1.807) is 39.8 Å². The summed E-state index contributed by atoms with van der Waals surface area (Å²) in [6, 6.07) is 13.5. The van der Waals surface area contributed by atoms with Gasteiger partial charge >= 0.3 is 10.0 Å². The molecule has 0 fully saturated rings. The standard InChI is InChI=1S/C25H22N8O2S/c1-30(2)21-7-4-17(5-8-21)18-6-9-24-27-14-25(32(24)16-18)36(34,35)33-23-10-19(11-26-22(23)13-29-33)20-12-28-31(3)15-20/h4-16H,1-3H3. The Kier molecular flexibility index (Phi) is 4.90. The van der Waals surface area contributed by atoms with Crippen LogP contribution in [0, 0.1) is 0 Å². The number of imidazole rings is 1. The first kappa shape index (κ1) is 22.0. The van der Waals surface area contributed by atoms with E-state index in [4.69, 9.17) is 0 Å². The van der Waals surface area contributed by atoms with Crippen LogP contribution in [0.5, 0.6) is 0 Å². The Balaban J connectivity index is 1.46. The molecule has 0 amide bonds. The number of hydrogen-bond donors (Lipinski definition) is 0. The average molecular weight is 499 g/mol. The molecule has 5 aromatic heterocycles. The van der Waals surface area contributed by atoms with Gasteiger partial charge in [0.15, 0.2) is 5.03 Å². The molecule has 5 heterocycles. The molecule has 0 saturated heterocycles. The summed E-state index contributed by atoms with van der Waals surface area (Å²) in [5, 5.41) is 8.38. The summed E-state index contributed by atoms with van der Waals surface area (Å²) in [5.74, 6) is 0. The number of pyridine rings is 2. The Bertz CT molecular complexity index is 1850. The molecule has 6 rings (SSSR count). The topological polar surface area (TPSA) is 103 Å². The van der Waals surface area contributed by atoms with Gasteiger partial charge in [0, 0.05) is 56.5 Å². The molecule has 10 nitrogen and oxygen atoms in total. The Labute approximate surface area is 207 Å². The third-order valence-electron chi connectivity index (χ3n) is 6.11. The van der Waals surface area contributed by atoms with E-state index in [0.29, 0.717) is 16.7 Å². The number of benzene rings is 1. The lowest BCUT2D eigenvalue weighted by Crippen LogP contribution is -2.16. The second-order valence-electron chi connectivity index (χ2n) is 8.71. The predicted octanol–water partition coefficient (Wildman–Crippen LogP) is 3.45. The lowest BCUT2D eigenvalue weighted by atomic mass is 10.1. The third kappa shape index (κ3) is 3.52. The molecule has 0 aliphatic heterocycles. The maximum Gasteiger partial charge on any atom is 0.301 e. The van der Waals surface area contributed by atoms with Crippen LogP contribution >= 0.6 is 0 Å². The molecule has 180 valence electrons. The van der Waals surface area contributed by atoms with Crippen molar-refractivity contribution < 1.29 is 8.42 Å². The highest BCUT2D eigenvalue weighted by molar-refractivity contribution is 7.90. The van der Waals surface area contributed by atoms with Crippen LogP contribution in [0.4, 0.5) is 5.69 Å². The summed E-state index contributed by atoms with van der Waals surface area (Å²) in [6.07, 6.45) is 9.81. The smallest absolute Gasteiger partial charge is 0.301 e. The fourth-order valence-corrected chi connectivity index (χ4v) is 5.50. The van der Waals surface area contributed by atoms with Crippen molar-refractivity contribution in [3.63, 3.8) is 0 Å². The second kappa shape index (κ2) is 8.02. The van der Waals surface area contributed by atoms with Gasteiger partial charge in [-0.2, -0.15) is 22.7 Å². The van der Waals surface area contributed by atoms with Gasteiger partial charge in [0.25, 0.3) is 0 Å². The molecule has 0 bridgehead atoms. The van der Waals surface area contributed by atoms with Crippen molar-refractivity contribution in [1.82, 2.24) is 33.3 Å². The first-order valence-corrected chi connectivity index (χ1v) is 12.6. The van der Waals surface area contributed by atoms with Gasteiger partial charge in [0.05, 0.1) is 18.6 Å². The fourth-order valence-electron chi connectivity index (χ4n) is 4.17. The van der Waals surface area contributed by atoms with E-state index < -0.39 is 10.0 Å². The third-order valence-corrected chi connectivity index (χ3v) is 7.68. The van der Waals surface area contributed by atoms with Crippen molar-refractivity contribution in [1.29, 1.82) is 0 Å². The highest BCUT2D eigenvalue weighted by Gasteiger charge is 2.25. The second-order valence-corrected chi connectivity index (χ2v) is 10.4. The molecule has 36 heavy (non-hydrogen) atoms. The molecule has 0 aliphatic rings. The largest absolute Gasteiger partial charge is 0.378 e. The number of hydrogen-bond acceptors (Lipinski definition) is 7. The van der Waals surface area contributed by atoms with Crippen LogP contribution in [-0.2, 0) is 17.1 Å². The molecule has 1 aromatic carbocycles. The molecule has 0 saturated carbocycles. The summed E-state index contributed by atoms with van der Waals surface area (Å²) in [4.78, 5) is 10.8. The van der Waals surface area contributed by atoms with Gasteiger partial charge < -0.3 is 4.90 Å². The van der Waals surface area contributed by atoms with E-state index in [2.05, 4.69) is 20.2 Å². The van der Waals surface area contributed by atoms with Crippen molar-refractivity contribution in [3.05, 3.63) is 79.6 Å². The average Bonchev–Trinajstić information content (AvgIpc) is 3.61. The van der Waals surface area contributed by atoms with Gasteiger partial charge in [-0.3, -0.25) is 14.1 Å². The fraction of sp³-hybridized carbons (Fsp3) is 0.120. The first-order valence-electron chi connectivity index (χ1n) is 11.1. The minimum atomic E-state index is -4.08. The minimum Gasteiger partial charge on any atom is -0.378 e. The molecule has 0 radical (unpaired) electrons. The van der Waals surface area contributed by atoms with Crippen molar-refractivity contribution in [2.45, 2.75) is 5.03 Å². The van der Waals surface area contributed by atoms with Crippen LogP contribution in [0.1, 0.15) is 0 Å². The van der Waals surface area contributed by atoms with Crippen LogP contribution in [0.15, 0.2) is 84.7 Å². The minimum absolute atomic E-state index is 0.0149. The van der Waals surface area contributed by atoms with Crippen LogP contribution < -0.4 is 4.90 Å². The Morgan fingerprint density at radius 3 is 2.28 bits per heavy atom. The number of rotatable bonds is 5.